The molecule has 1 aromatic carbocycles. The Bertz CT molecular complexity index is 897. The van der Waals surface area contributed by atoms with Crippen LogP contribution in [0.25, 0.3) is 10.8 Å². The minimum Gasteiger partial charge on any atom is -0.496 e. The Balaban J connectivity index is 1.62. The van der Waals surface area contributed by atoms with E-state index >= 15 is 0 Å². The average molecular weight is 341 g/mol. The van der Waals surface area contributed by atoms with Gasteiger partial charge in [0.25, 0.3) is 5.91 Å². The van der Waals surface area contributed by atoms with E-state index in [2.05, 4.69) is 10.3 Å². The summed E-state index contributed by atoms with van der Waals surface area (Å²) in [5.74, 6) is 0.688. The summed E-state index contributed by atoms with van der Waals surface area (Å²) in [7, 11) is 1.48. The maximum Gasteiger partial charge on any atom is 0.252 e. The molecule has 1 aliphatic heterocycles. The van der Waals surface area contributed by atoms with Gasteiger partial charge in [0, 0.05) is 11.6 Å². The van der Waals surface area contributed by atoms with Crippen LogP contribution in [0, 0.1) is 11.3 Å². The third-order valence-electron chi connectivity index (χ3n) is 5.34. The van der Waals surface area contributed by atoms with Gasteiger partial charge in [0.1, 0.15) is 12.4 Å². The molecule has 0 radical (unpaired) electrons. The van der Waals surface area contributed by atoms with Crippen LogP contribution in [0.3, 0.4) is 0 Å². The molecular formula is C18H19N3O4. The van der Waals surface area contributed by atoms with E-state index in [0.29, 0.717) is 29.7 Å². The van der Waals surface area contributed by atoms with Crippen molar-refractivity contribution >= 4 is 22.6 Å². The molecule has 0 spiro atoms. The van der Waals surface area contributed by atoms with Gasteiger partial charge in [-0.05, 0) is 35.9 Å². The number of rotatable bonds is 5. The van der Waals surface area contributed by atoms with Crippen LogP contribution in [-0.2, 0) is 4.79 Å². The van der Waals surface area contributed by atoms with E-state index in [9.17, 15) is 9.59 Å². The first-order chi connectivity index (χ1) is 11.9. The minimum absolute atomic E-state index is 0.00124. The maximum absolute atomic E-state index is 11.9. The number of amides is 2. The van der Waals surface area contributed by atoms with Crippen molar-refractivity contribution < 1.29 is 19.1 Å². The highest BCUT2D eigenvalue weighted by atomic mass is 16.5. The van der Waals surface area contributed by atoms with Gasteiger partial charge in [0.05, 0.1) is 24.1 Å². The van der Waals surface area contributed by atoms with Crippen molar-refractivity contribution in [1.82, 2.24) is 10.3 Å². The summed E-state index contributed by atoms with van der Waals surface area (Å²) in [6.07, 6.45) is 2.52. The number of pyridine rings is 1. The smallest absolute Gasteiger partial charge is 0.252 e. The van der Waals surface area contributed by atoms with Crippen LogP contribution < -0.4 is 20.5 Å². The first-order valence-electron chi connectivity index (χ1n) is 8.14. The number of benzene rings is 1. The number of nitrogens with two attached hydrogens (primary N) is 1. The number of hydrogen-bond donors (Lipinski definition) is 2. The van der Waals surface area contributed by atoms with Gasteiger partial charge in [-0.25, -0.2) is 4.98 Å². The van der Waals surface area contributed by atoms with Gasteiger partial charge in [-0.1, -0.05) is 6.92 Å². The number of nitrogens with one attached hydrogen (secondary N) is 1. The molecule has 25 heavy (non-hydrogen) atoms. The fraction of sp³-hybridized carbons (Fsp3) is 0.389. The summed E-state index contributed by atoms with van der Waals surface area (Å²) in [4.78, 5) is 27.8. The molecule has 2 aromatic rings. The minimum atomic E-state index is -0.556. The molecular weight excluding hydrogens is 322 g/mol. The molecule has 1 saturated carbocycles. The molecule has 1 unspecified atom stereocenters. The highest BCUT2D eigenvalue weighted by Crippen LogP contribution is 2.58. The average Bonchev–Trinajstić information content (AvgIpc) is 3.23. The number of aromatic nitrogens is 1. The van der Waals surface area contributed by atoms with Crippen molar-refractivity contribution in [2.75, 3.05) is 13.7 Å². The molecule has 7 nitrogen and oxygen atoms in total. The summed E-state index contributed by atoms with van der Waals surface area (Å²) >= 11 is 0. The number of ether oxygens (including phenoxy) is 2. The molecule has 1 aromatic heterocycles. The molecule has 130 valence electrons. The Morgan fingerprint density at radius 1 is 1.48 bits per heavy atom. The van der Waals surface area contributed by atoms with E-state index in [0.717, 1.165) is 17.2 Å². The normalized spacial score (nSPS) is 26.9. The van der Waals surface area contributed by atoms with Crippen molar-refractivity contribution in [3.63, 3.8) is 0 Å². The molecule has 3 atom stereocenters. The van der Waals surface area contributed by atoms with Gasteiger partial charge < -0.3 is 20.5 Å². The summed E-state index contributed by atoms with van der Waals surface area (Å²) in [6, 6.07) is 5.15. The van der Waals surface area contributed by atoms with E-state index in [1.807, 2.05) is 6.92 Å². The third kappa shape index (κ3) is 2.38. The standard InChI is InChI=1S/C18H19N3O4/c1-18-7-12(18)13(21-17(18)23)8-25-16-10-6-14(24-2)11(15(19)22)5-9(10)3-4-20-16/h3-6,12-13H,7-8H2,1-2H3,(H2,19,22)(H,21,23)/t12?,13-,18-/m1/s1. The second kappa shape index (κ2) is 5.34. The first-order valence-corrected chi connectivity index (χ1v) is 8.14. The largest absolute Gasteiger partial charge is 0.496 e. The molecule has 0 bridgehead atoms. The second-order valence-corrected chi connectivity index (χ2v) is 6.87. The predicted octanol–water partition coefficient (Wildman–Crippen LogP) is 1.25. The fourth-order valence-electron chi connectivity index (χ4n) is 3.66. The molecule has 3 N–H and O–H groups in total. The van der Waals surface area contributed by atoms with Crippen molar-refractivity contribution in [3.05, 3.63) is 30.0 Å². The number of primary amides is 1. The van der Waals surface area contributed by atoms with Crippen molar-refractivity contribution in [2.45, 2.75) is 19.4 Å². The Morgan fingerprint density at radius 3 is 2.88 bits per heavy atom. The van der Waals surface area contributed by atoms with Crippen LogP contribution in [0.4, 0.5) is 0 Å². The predicted molar refractivity (Wildman–Crippen MR) is 90.5 cm³/mol. The van der Waals surface area contributed by atoms with E-state index in [-0.39, 0.29) is 17.4 Å². The zero-order valence-corrected chi connectivity index (χ0v) is 14.0. The topological polar surface area (TPSA) is 104 Å². The Hall–Kier alpha value is -2.83. The second-order valence-electron chi connectivity index (χ2n) is 6.87. The molecule has 2 amide bonds. The van der Waals surface area contributed by atoms with Crippen molar-refractivity contribution in [1.29, 1.82) is 0 Å². The van der Waals surface area contributed by atoms with Gasteiger partial charge in [0.2, 0.25) is 11.8 Å². The van der Waals surface area contributed by atoms with Gasteiger partial charge in [-0.3, -0.25) is 9.59 Å². The molecule has 7 heteroatoms. The molecule has 2 fully saturated rings. The van der Waals surface area contributed by atoms with E-state index < -0.39 is 5.91 Å². The van der Waals surface area contributed by atoms with Crippen molar-refractivity contribution in [3.8, 4) is 11.6 Å². The highest BCUT2D eigenvalue weighted by Gasteiger charge is 2.64. The lowest BCUT2D eigenvalue weighted by Crippen LogP contribution is -2.36. The molecule has 4 rings (SSSR count). The van der Waals surface area contributed by atoms with Gasteiger partial charge in [-0.2, -0.15) is 0 Å². The van der Waals surface area contributed by atoms with Crippen LogP contribution in [-0.4, -0.2) is 36.6 Å². The van der Waals surface area contributed by atoms with E-state index in [1.54, 1.807) is 24.4 Å². The van der Waals surface area contributed by atoms with Crippen LogP contribution >= 0.6 is 0 Å². The number of fused-ring (bicyclic) bond motifs is 2. The lowest BCUT2D eigenvalue weighted by molar-refractivity contribution is -0.124. The maximum atomic E-state index is 11.9. The monoisotopic (exact) mass is 341 g/mol. The van der Waals surface area contributed by atoms with Crippen LogP contribution in [0.1, 0.15) is 23.7 Å². The van der Waals surface area contributed by atoms with Gasteiger partial charge >= 0.3 is 0 Å². The number of piperidine rings is 1. The zero-order valence-electron chi connectivity index (χ0n) is 14.0. The summed E-state index contributed by atoms with van der Waals surface area (Å²) in [5.41, 5.74) is 5.49. The van der Waals surface area contributed by atoms with E-state index in [1.165, 1.54) is 7.11 Å². The Kier molecular flexibility index (Phi) is 3.35. The number of hydrogen-bond acceptors (Lipinski definition) is 5. The SMILES string of the molecule is COc1cc2c(OC[C@H]3NC(=O)[C@]4(C)CC34)nccc2cc1C(N)=O. The van der Waals surface area contributed by atoms with E-state index in [4.69, 9.17) is 15.2 Å². The highest BCUT2D eigenvalue weighted by molar-refractivity contribution is 6.01. The van der Waals surface area contributed by atoms with Gasteiger partial charge in [0.15, 0.2) is 0 Å². The summed E-state index contributed by atoms with van der Waals surface area (Å²) in [5, 5.41) is 4.49. The number of carbonyl (C=O) groups excluding carboxylic acids is 2. The van der Waals surface area contributed by atoms with Gasteiger partial charge in [-0.15, -0.1) is 0 Å². The molecule has 1 saturated heterocycles. The lowest BCUT2D eigenvalue weighted by atomic mass is 10.1. The quantitative estimate of drug-likeness (QED) is 0.852. The Morgan fingerprint density at radius 2 is 2.28 bits per heavy atom. The lowest BCUT2D eigenvalue weighted by Gasteiger charge is -2.15. The number of methoxy groups -OCH3 is 1. The number of carbonyl (C=O) groups is 2. The van der Waals surface area contributed by atoms with Crippen LogP contribution in [0.5, 0.6) is 11.6 Å². The molecule has 2 heterocycles. The zero-order chi connectivity index (χ0) is 17.8. The Labute approximate surface area is 144 Å². The van der Waals surface area contributed by atoms with Crippen LogP contribution in [0.15, 0.2) is 24.4 Å². The van der Waals surface area contributed by atoms with Crippen molar-refractivity contribution in [2.24, 2.45) is 17.1 Å². The summed E-state index contributed by atoms with van der Waals surface area (Å²) < 4.78 is 11.2. The molecule has 2 aliphatic rings. The third-order valence-corrected chi connectivity index (χ3v) is 5.34. The first kappa shape index (κ1) is 15.7. The summed E-state index contributed by atoms with van der Waals surface area (Å²) in [6.45, 7) is 2.34. The number of nitrogens with zero attached hydrogens (tertiary/aromatic N) is 1. The van der Waals surface area contributed by atoms with Crippen LogP contribution in [0.2, 0.25) is 0 Å². The molecule has 1 aliphatic carbocycles. The fourth-order valence-corrected chi connectivity index (χ4v) is 3.66.